The van der Waals surface area contributed by atoms with Gasteiger partial charge in [-0.1, -0.05) is 19.9 Å². The molecule has 0 bridgehead atoms. The Morgan fingerprint density at radius 2 is 2.21 bits per heavy atom. The number of aromatic nitrogens is 1. The summed E-state index contributed by atoms with van der Waals surface area (Å²) in [7, 11) is 1.70. The third-order valence-electron chi connectivity index (χ3n) is 2.96. The fourth-order valence-electron chi connectivity index (χ4n) is 1.83. The number of ether oxygens (including phenoxy) is 1. The van der Waals surface area contributed by atoms with Crippen molar-refractivity contribution < 1.29 is 4.74 Å². The Labute approximate surface area is 116 Å². The Balaban J connectivity index is 3.05. The van der Waals surface area contributed by atoms with Gasteiger partial charge in [-0.25, -0.2) is 4.98 Å². The first kappa shape index (κ1) is 15.7. The third kappa shape index (κ3) is 4.65. The Morgan fingerprint density at radius 1 is 1.47 bits per heavy atom. The molecule has 0 spiro atoms. The van der Waals surface area contributed by atoms with Crippen LogP contribution in [0.25, 0.3) is 0 Å². The van der Waals surface area contributed by atoms with Crippen LogP contribution in [0, 0.1) is 0 Å². The maximum atomic E-state index is 5.77. The van der Waals surface area contributed by atoms with Crippen molar-refractivity contribution in [2.24, 2.45) is 5.73 Å². The van der Waals surface area contributed by atoms with E-state index in [1.807, 2.05) is 12.1 Å². The van der Waals surface area contributed by atoms with E-state index in [0.29, 0.717) is 19.1 Å². The molecule has 1 aromatic rings. The lowest BCUT2D eigenvalue weighted by Crippen LogP contribution is -2.28. The fourth-order valence-corrected chi connectivity index (χ4v) is 1.83. The molecule has 106 valence electrons. The summed E-state index contributed by atoms with van der Waals surface area (Å²) in [5.74, 6) is 1.34. The second kappa shape index (κ2) is 7.92. The molecule has 4 nitrogen and oxygen atoms in total. The molecule has 1 heterocycles. The number of nitrogens with two attached hydrogens (primary N) is 1. The second-order valence-corrected chi connectivity index (χ2v) is 4.84. The van der Waals surface area contributed by atoms with Crippen LogP contribution in [0.2, 0.25) is 0 Å². The van der Waals surface area contributed by atoms with Gasteiger partial charge in [0.1, 0.15) is 5.82 Å². The molecule has 0 aliphatic heterocycles. The number of anilines is 1. The Kier molecular flexibility index (Phi) is 6.53. The second-order valence-electron chi connectivity index (χ2n) is 4.84. The molecule has 1 rings (SSSR count). The van der Waals surface area contributed by atoms with Gasteiger partial charge in [0.25, 0.3) is 0 Å². The first-order valence-electron chi connectivity index (χ1n) is 6.68. The van der Waals surface area contributed by atoms with Crippen LogP contribution in [-0.4, -0.2) is 31.8 Å². The number of hydrogen-bond donors (Lipinski definition) is 1. The highest BCUT2D eigenvalue weighted by Gasteiger charge is 2.11. The highest BCUT2D eigenvalue weighted by Crippen LogP contribution is 2.20. The predicted molar refractivity (Wildman–Crippen MR) is 80.5 cm³/mol. The topological polar surface area (TPSA) is 51.4 Å². The molecule has 1 aromatic heterocycles. The van der Waals surface area contributed by atoms with Crippen molar-refractivity contribution >= 4 is 5.82 Å². The summed E-state index contributed by atoms with van der Waals surface area (Å²) >= 11 is 0. The SMILES string of the molecule is C=CCN(CCOC)c1cc(CN)cc(C(C)C)n1. The van der Waals surface area contributed by atoms with Crippen molar-refractivity contribution in [3.63, 3.8) is 0 Å². The van der Waals surface area contributed by atoms with Gasteiger partial charge in [-0.3, -0.25) is 0 Å². The molecule has 0 atom stereocenters. The molecule has 2 N–H and O–H groups in total. The zero-order valence-electron chi connectivity index (χ0n) is 12.2. The van der Waals surface area contributed by atoms with E-state index in [1.54, 1.807) is 7.11 Å². The van der Waals surface area contributed by atoms with Crippen LogP contribution in [0.5, 0.6) is 0 Å². The fraction of sp³-hybridized carbons (Fsp3) is 0.533. The van der Waals surface area contributed by atoms with Gasteiger partial charge in [0.15, 0.2) is 0 Å². The summed E-state index contributed by atoms with van der Waals surface area (Å²) in [6.45, 7) is 10.8. The van der Waals surface area contributed by atoms with Crippen molar-refractivity contribution in [1.29, 1.82) is 0 Å². The molecule has 0 amide bonds. The van der Waals surface area contributed by atoms with E-state index >= 15 is 0 Å². The molecule has 0 fully saturated rings. The average molecular weight is 263 g/mol. The molecule has 0 saturated heterocycles. The molecule has 0 aliphatic carbocycles. The largest absolute Gasteiger partial charge is 0.383 e. The Hall–Kier alpha value is -1.39. The van der Waals surface area contributed by atoms with Gasteiger partial charge < -0.3 is 15.4 Å². The van der Waals surface area contributed by atoms with Gasteiger partial charge >= 0.3 is 0 Å². The monoisotopic (exact) mass is 263 g/mol. The summed E-state index contributed by atoms with van der Waals surface area (Å²) in [6, 6.07) is 4.13. The van der Waals surface area contributed by atoms with Crippen molar-refractivity contribution in [1.82, 2.24) is 4.98 Å². The molecule has 19 heavy (non-hydrogen) atoms. The zero-order valence-corrected chi connectivity index (χ0v) is 12.2. The predicted octanol–water partition coefficient (Wildman–Crippen LogP) is 2.30. The third-order valence-corrected chi connectivity index (χ3v) is 2.96. The molecule has 0 aromatic carbocycles. The summed E-state index contributed by atoms with van der Waals surface area (Å²) in [5, 5.41) is 0. The van der Waals surface area contributed by atoms with Crippen LogP contribution >= 0.6 is 0 Å². The Bertz CT molecular complexity index is 404. The van der Waals surface area contributed by atoms with E-state index < -0.39 is 0 Å². The van der Waals surface area contributed by atoms with Gasteiger partial charge in [-0.15, -0.1) is 6.58 Å². The van der Waals surface area contributed by atoms with E-state index in [4.69, 9.17) is 15.5 Å². The molecule has 0 aliphatic rings. The highest BCUT2D eigenvalue weighted by atomic mass is 16.5. The molecule has 0 saturated carbocycles. The summed E-state index contributed by atoms with van der Waals surface area (Å²) in [4.78, 5) is 6.87. The van der Waals surface area contributed by atoms with Crippen molar-refractivity contribution in [3.8, 4) is 0 Å². The van der Waals surface area contributed by atoms with Gasteiger partial charge in [-0.2, -0.15) is 0 Å². The smallest absolute Gasteiger partial charge is 0.129 e. The number of methoxy groups -OCH3 is 1. The van der Waals surface area contributed by atoms with Gasteiger partial charge in [-0.05, 0) is 23.6 Å². The lowest BCUT2D eigenvalue weighted by atomic mass is 10.1. The van der Waals surface area contributed by atoms with Crippen LogP contribution < -0.4 is 10.6 Å². The van der Waals surface area contributed by atoms with Gasteiger partial charge in [0, 0.05) is 32.4 Å². The molecule has 4 heteroatoms. The van der Waals surface area contributed by atoms with Crippen LogP contribution in [-0.2, 0) is 11.3 Å². The van der Waals surface area contributed by atoms with Crippen LogP contribution in [0.4, 0.5) is 5.82 Å². The zero-order chi connectivity index (χ0) is 14.3. The maximum Gasteiger partial charge on any atom is 0.129 e. The summed E-state index contributed by atoms with van der Waals surface area (Å²) < 4.78 is 5.15. The minimum atomic E-state index is 0.387. The molecule has 0 radical (unpaired) electrons. The van der Waals surface area contributed by atoms with Crippen molar-refractivity contribution in [3.05, 3.63) is 36.0 Å². The number of pyridine rings is 1. The standard InChI is InChI=1S/C15H25N3O/c1-5-6-18(7-8-19-4)15-10-13(11-16)9-14(17-15)12(2)3/h5,9-10,12H,1,6-8,11,16H2,2-4H3. The van der Waals surface area contributed by atoms with Crippen LogP contribution in [0.1, 0.15) is 31.0 Å². The number of nitrogens with zero attached hydrogens (tertiary/aromatic N) is 2. The van der Waals surface area contributed by atoms with E-state index in [0.717, 1.165) is 30.2 Å². The van der Waals surface area contributed by atoms with E-state index in [2.05, 4.69) is 31.4 Å². The molecular weight excluding hydrogens is 238 g/mol. The maximum absolute atomic E-state index is 5.77. The van der Waals surface area contributed by atoms with Gasteiger partial charge in [0.2, 0.25) is 0 Å². The van der Waals surface area contributed by atoms with Crippen molar-refractivity contribution in [2.45, 2.75) is 26.3 Å². The lowest BCUT2D eigenvalue weighted by Gasteiger charge is -2.23. The van der Waals surface area contributed by atoms with Crippen LogP contribution in [0.15, 0.2) is 24.8 Å². The van der Waals surface area contributed by atoms with E-state index in [-0.39, 0.29) is 0 Å². The number of rotatable bonds is 8. The summed E-state index contributed by atoms with van der Waals surface area (Å²) in [5.41, 5.74) is 7.96. The Morgan fingerprint density at radius 3 is 2.74 bits per heavy atom. The normalized spacial score (nSPS) is 10.8. The van der Waals surface area contributed by atoms with Gasteiger partial charge in [0.05, 0.1) is 6.61 Å². The van der Waals surface area contributed by atoms with E-state index in [9.17, 15) is 0 Å². The van der Waals surface area contributed by atoms with E-state index in [1.165, 1.54) is 0 Å². The summed E-state index contributed by atoms with van der Waals surface area (Å²) in [6.07, 6.45) is 1.88. The van der Waals surface area contributed by atoms with Crippen molar-refractivity contribution in [2.75, 3.05) is 31.7 Å². The average Bonchev–Trinajstić information content (AvgIpc) is 2.42. The minimum Gasteiger partial charge on any atom is -0.383 e. The first-order valence-corrected chi connectivity index (χ1v) is 6.68. The minimum absolute atomic E-state index is 0.387. The first-order chi connectivity index (χ1) is 9.12. The number of hydrogen-bond acceptors (Lipinski definition) is 4. The van der Waals surface area contributed by atoms with Crippen LogP contribution in [0.3, 0.4) is 0 Å². The quantitative estimate of drug-likeness (QED) is 0.731. The lowest BCUT2D eigenvalue weighted by molar-refractivity contribution is 0.205. The molecular formula is C15H25N3O. The molecule has 0 unspecified atom stereocenters. The highest BCUT2D eigenvalue weighted by molar-refractivity contribution is 5.44.